The summed E-state index contributed by atoms with van der Waals surface area (Å²) in [4.78, 5) is 13.6. The Bertz CT molecular complexity index is 667. The quantitative estimate of drug-likeness (QED) is 0.831. The zero-order chi connectivity index (χ0) is 17.0. The van der Waals surface area contributed by atoms with Crippen LogP contribution in [-0.2, 0) is 10.0 Å². The largest absolute Gasteiger partial charge is 0.478 e. The van der Waals surface area contributed by atoms with Crippen molar-refractivity contribution in [2.24, 2.45) is 0 Å². The molecule has 1 aromatic carbocycles. The molecule has 2 N–H and O–H groups in total. The van der Waals surface area contributed by atoms with Crippen LogP contribution in [0.15, 0.2) is 23.1 Å². The third kappa shape index (κ3) is 4.23. The number of piperidine rings is 1. The van der Waals surface area contributed by atoms with Gasteiger partial charge in [0.15, 0.2) is 0 Å². The van der Waals surface area contributed by atoms with Crippen molar-refractivity contribution in [3.63, 3.8) is 0 Å². The minimum atomic E-state index is -3.71. The van der Waals surface area contributed by atoms with Gasteiger partial charge in [-0.2, -0.15) is 0 Å². The summed E-state index contributed by atoms with van der Waals surface area (Å²) in [6, 6.07) is 4.16. The number of carboxylic acids is 1. The number of sulfonamides is 1. The van der Waals surface area contributed by atoms with Gasteiger partial charge in [-0.15, -0.1) is 0 Å². The van der Waals surface area contributed by atoms with Crippen molar-refractivity contribution in [3.05, 3.63) is 23.8 Å². The smallest absolute Gasteiger partial charge is 0.337 e. The lowest BCUT2D eigenvalue weighted by Gasteiger charge is -2.30. The van der Waals surface area contributed by atoms with Crippen LogP contribution in [0.25, 0.3) is 0 Å². The van der Waals surface area contributed by atoms with Gasteiger partial charge in [0, 0.05) is 19.1 Å². The summed E-state index contributed by atoms with van der Waals surface area (Å²) in [5.74, 6) is -1.11. The molecule has 23 heavy (non-hydrogen) atoms. The number of rotatable bonds is 6. The first-order chi connectivity index (χ1) is 10.8. The number of benzene rings is 1. The van der Waals surface area contributed by atoms with Crippen molar-refractivity contribution in [1.82, 2.24) is 4.72 Å². The molecular formula is C16H24N2O4S. The normalized spacial score (nSPS) is 17.0. The Morgan fingerprint density at radius 1 is 1.30 bits per heavy atom. The van der Waals surface area contributed by atoms with Crippen molar-refractivity contribution in [2.75, 3.05) is 18.0 Å². The molecule has 0 aliphatic carbocycles. The molecule has 0 saturated carbocycles. The molecule has 0 radical (unpaired) electrons. The molecule has 0 aromatic heterocycles. The van der Waals surface area contributed by atoms with E-state index in [2.05, 4.69) is 4.72 Å². The van der Waals surface area contributed by atoms with Gasteiger partial charge in [0.05, 0.1) is 16.1 Å². The molecular weight excluding hydrogens is 316 g/mol. The fourth-order valence-corrected chi connectivity index (χ4v) is 4.03. The van der Waals surface area contributed by atoms with E-state index in [1.165, 1.54) is 12.1 Å². The predicted octanol–water partition coefficient (Wildman–Crippen LogP) is 2.45. The number of hydrogen-bond acceptors (Lipinski definition) is 4. The maximum absolute atomic E-state index is 12.3. The lowest BCUT2D eigenvalue weighted by atomic mass is 10.1. The van der Waals surface area contributed by atoms with E-state index in [9.17, 15) is 18.3 Å². The number of aromatic carboxylic acids is 1. The zero-order valence-electron chi connectivity index (χ0n) is 13.6. The molecule has 1 aliphatic rings. The average Bonchev–Trinajstić information content (AvgIpc) is 2.54. The van der Waals surface area contributed by atoms with Gasteiger partial charge in [0.2, 0.25) is 10.0 Å². The topological polar surface area (TPSA) is 86.7 Å². The predicted molar refractivity (Wildman–Crippen MR) is 89.5 cm³/mol. The Morgan fingerprint density at radius 3 is 2.52 bits per heavy atom. The van der Waals surface area contributed by atoms with Gasteiger partial charge in [-0.25, -0.2) is 17.9 Å². The Kier molecular flexibility index (Phi) is 5.64. The Balaban J connectivity index is 2.37. The number of nitrogens with zero attached hydrogens (tertiary/aromatic N) is 1. The molecule has 2 rings (SSSR count). The van der Waals surface area contributed by atoms with Gasteiger partial charge >= 0.3 is 5.97 Å². The van der Waals surface area contributed by atoms with E-state index in [4.69, 9.17) is 0 Å². The Hall–Kier alpha value is -1.60. The number of carbonyl (C=O) groups is 1. The lowest BCUT2D eigenvalue weighted by molar-refractivity contribution is 0.0697. The fourth-order valence-electron chi connectivity index (χ4n) is 2.68. The van der Waals surface area contributed by atoms with Crippen molar-refractivity contribution in [3.8, 4) is 0 Å². The van der Waals surface area contributed by atoms with E-state index >= 15 is 0 Å². The van der Waals surface area contributed by atoms with Crippen LogP contribution in [0.4, 0.5) is 5.69 Å². The first kappa shape index (κ1) is 17.7. The molecule has 0 unspecified atom stereocenters. The van der Waals surface area contributed by atoms with E-state index in [-0.39, 0.29) is 16.5 Å². The highest BCUT2D eigenvalue weighted by atomic mass is 32.2. The van der Waals surface area contributed by atoms with Gasteiger partial charge in [-0.05, 0) is 50.8 Å². The fraction of sp³-hybridized carbons (Fsp3) is 0.562. The third-order valence-electron chi connectivity index (χ3n) is 4.17. The van der Waals surface area contributed by atoms with Crippen molar-refractivity contribution < 1.29 is 18.3 Å². The van der Waals surface area contributed by atoms with E-state index in [0.29, 0.717) is 12.1 Å². The summed E-state index contributed by atoms with van der Waals surface area (Å²) in [5.41, 5.74) is 0.638. The lowest BCUT2D eigenvalue weighted by Crippen LogP contribution is -2.33. The van der Waals surface area contributed by atoms with E-state index in [1.54, 1.807) is 13.0 Å². The van der Waals surface area contributed by atoms with Gasteiger partial charge in [-0.1, -0.05) is 6.92 Å². The second kappa shape index (κ2) is 7.31. The summed E-state index contributed by atoms with van der Waals surface area (Å²) in [5, 5.41) is 9.47. The summed E-state index contributed by atoms with van der Waals surface area (Å²) in [7, 11) is -3.71. The van der Waals surface area contributed by atoms with E-state index in [1.807, 2.05) is 11.8 Å². The monoisotopic (exact) mass is 340 g/mol. The number of anilines is 1. The highest BCUT2D eigenvalue weighted by Crippen LogP contribution is 2.27. The zero-order valence-corrected chi connectivity index (χ0v) is 14.4. The van der Waals surface area contributed by atoms with Crippen LogP contribution in [0.2, 0.25) is 0 Å². The molecule has 0 spiro atoms. The first-order valence-corrected chi connectivity index (χ1v) is 9.48. The second-order valence-electron chi connectivity index (χ2n) is 5.96. The summed E-state index contributed by atoms with van der Waals surface area (Å²) >= 11 is 0. The van der Waals surface area contributed by atoms with Crippen LogP contribution in [0.1, 0.15) is 49.9 Å². The van der Waals surface area contributed by atoms with E-state index < -0.39 is 16.0 Å². The van der Waals surface area contributed by atoms with Crippen LogP contribution < -0.4 is 9.62 Å². The maximum atomic E-state index is 12.3. The van der Waals surface area contributed by atoms with Crippen molar-refractivity contribution in [2.45, 2.75) is 50.5 Å². The molecule has 0 bridgehead atoms. The van der Waals surface area contributed by atoms with Gasteiger partial charge < -0.3 is 10.0 Å². The van der Waals surface area contributed by atoms with Crippen LogP contribution in [0, 0.1) is 0 Å². The highest BCUT2D eigenvalue weighted by Gasteiger charge is 2.23. The maximum Gasteiger partial charge on any atom is 0.337 e. The number of nitrogens with one attached hydrogen (secondary N) is 1. The van der Waals surface area contributed by atoms with Gasteiger partial charge in [0.1, 0.15) is 0 Å². The minimum absolute atomic E-state index is 0.00374. The van der Waals surface area contributed by atoms with Gasteiger partial charge in [0.25, 0.3) is 0 Å². The minimum Gasteiger partial charge on any atom is -0.478 e. The summed E-state index contributed by atoms with van der Waals surface area (Å²) in [6.07, 6.45) is 3.85. The van der Waals surface area contributed by atoms with E-state index in [0.717, 1.165) is 32.4 Å². The SMILES string of the molecule is CC[C@H](C)NS(=O)(=O)c1ccc(N2CCCCC2)c(C(=O)O)c1. The van der Waals surface area contributed by atoms with Gasteiger partial charge in [-0.3, -0.25) is 0 Å². The first-order valence-electron chi connectivity index (χ1n) is 7.99. The molecule has 1 saturated heterocycles. The number of carboxylic acid groups (broad SMARTS) is 1. The Labute approximate surface area is 137 Å². The molecule has 128 valence electrons. The molecule has 0 amide bonds. The third-order valence-corrected chi connectivity index (χ3v) is 5.76. The molecule has 7 heteroatoms. The van der Waals surface area contributed by atoms with Crippen LogP contribution >= 0.6 is 0 Å². The van der Waals surface area contributed by atoms with Crippen molar-refractivity contribution >= 4 is 21.7 Å². The van der Waals surface area contributed by atoms with Crippen molar-refractivity contribution in [1.29, 1.82) is 0 Å². The molecule has 6 nitrogen and oxygen atoms in total. The standard InChI is InChI=1S/C16H24N2O4S/c1-3-12(2)17-23(21,22)13-7-8-15(14(11-13)16(19)20)18-9-5-4-6-10-18/h7-8,11-12,17H,3-6,9-10H2,1-2H3,(H,19,20)/t12-/m0/s1. The Morgan fingerprint density at radius 2 is 1.96 bits per heavy atom. The summed E-state index contributed by atoms with van der Waals surface area (Å²) in [6.45, 7) is 5.27. The average molecular weight is 340 g/mol. The van der Waals surface area contributed by atoms with Crippen LogP contribution in [-0.4, -0.2) is 38.6 Å². The number of hydrogen-bond donors (Lipinski definition) is 2. The van der Waals surface area contributed by atoms with Crippen LogP contribution in [0.5, 0.6) is 0 Å². The molecule has 1 aliphatic heterocycles. The second-order valence-corrected chi connectivity index (χ2v) is 7.68. The highest BCUT2D eigenvalue weighted by molar-refractivity contribution is 7.89. The molecule has 1 fully saturated rings. The molecule has 1 aromatic rings. The molecule has 1 atom stereocenters. The molecule has 1 heterocycles. The summed E-state index contributed by atoms with van der Waals surface area (Å²) < 4.78 is 27.2. The van der Waals surface area contributed by atoms with Crippen LogP contribution in [0.3, 0.4) is 0 Å².